The first-order valence-electron chi connectivity index (χ1n) is 5.16. The van der Waals surface area contributed by atoms with Crippen LogP contribution in [-0.4, -0.2) is 5.21 Å². The van der Waals surface area contributed by atoms with Crippen LogP contribution in [0.5, 0.6) is 0 Å². The number of rotatable bonds is 4. The molecule has 82 valence electrons. The number of hydrogen-bond donors (Lipinski definition) is 3. The third kappa shape index (κ3) is 2.82. The third-order valence-corrected chi connectivity index (χ3v) is 2.30. The monoisotopic (exact) mass is 214 g/mol. The second-order valence-electron chi connectivity index (χ2n) is 3.52. The maximum absolute atomic E-state index is 8.56. The van der Waals surface area contributed by atoms with Crippen LogP contribution >= 0.6 is 0 Å². The van der Waals surface area contributed by atoms with Crippen LogP contribution in [0.2, 0.25) is 0 Å². The topological polar surface area (TPSA) is 44.3 Å². The number of hydroxylamine groups is 1. The van der Waals surface area contributed by atoms with Crippen LogP contribution in [0, 0.1) is 0 Å². The van der Waals surface area contributed by atoms with Crippen molar-refractivity contribution in [3.05, 3.63) is 60.2 Å². The summed E-state index contributed by atoms with van der Waals surface area (Å²) in [4.78, 5) is 0. The molecule has 0 spiro atoms. The lowest BCUT2D eigenvalue weighted by atomic mass is 10.2. The highest BCUT2D eigenvalue weighted by molar-refractivity contribution is 5.59. The van der Waals surface area contributed by atoms with Gasteiger partial charge in [-0.2, -0.15) is 0 Å². The summed E-state index contributed by atoms with van der Waals surface area (Å²) in [7, 11) is 0. The van der Waals surface area contributed by atoms with E-state index >= 15 is 0 Å². The molecule has 3 heteroatoms. The van der Waals surface area contributed by atoms with Crippen LogP contribution in [0.1, 0.15) is 5.56 Å². The summed E-state index contributed by atoms with van der Waals surface area (Å²) in [6, 6.07) is 17.9. The molecule has 0 heterocycles. The van der Waals surface area contributed by atoms with Gasteiger partial charge in [0.1, 0.15) is 0 Å². The number of para-hydroxylation sites is 1. The first-order valence-corrected chi connectivity index (χ1v) is 5.16. The van der Waals surface area contributed by atoms with Crippen LogP contribution in [0.3, 0.4) is 0 Å². The van der Waals surface area contributed by atoms with Crippen molar-refractivity contribution in [3.8, 4) is 0 Å². The van der Waals surface area contributed by atoms with E-state index < -0.39 is 0 Å². The van der Waals surface area contributed by atoms with E-state index in [1.807, 2.05) is 54.6 Å². The maximum atomic E-state index is 8.56. The molecule has 0 aromatic heterocycles. The van der Waals surface area contributed by atoms with Crippen molar-refractivity contribution in [2.24, 2.45) is 0 Å². The molecule has 0 fully saturated rings. The van der Waals surface area contributed by atoms with E-state index in [0.29, 0.717) is 6.54 Å². The number of hydrogen-bond acceptors (Lipinski definition) is 3. The highest BCUT2D eigenvalue weighted by atomic mass is 16.5. The quantitative estimate of drug-likeness (QED) is 0.686. The lowest BCUT2D eigenvalue weighted by Gasteiger charge is -2.06. The Labute approximate surface area is 94.7 Å². The lowest BCUT2D eigenvalue weighted by Crippen LogP contribution is -2.05. The Hall–Kier alpha value is -1.84. The van der Waals surface area contributed by atoms with E-state index in [0.717, 1.165) is 16.9 Å². The fourth-order valence-electron chi connectivity index (χ4n) is 1.49. The second kappa shape index (κ2) is 5.30. The normalized spacial score (nSPS) is 10.1. The standard InChI is InChI=1S/C13H14N2O/c16-14-10-11-6-8-13(9-7-11)15-12-4-2-1-3-5-12/h1-9,14-16H,10H2. The summed E-state index contributed by atoms with van der Waals surface area (Å²) in [5.41, 5.74) is 5.28. The SMILES string of the molecule is ONCc1ccc(Nc2ccccc2)cc1. The van der Waals surface area contributed by atoms with Crippen molar-refractivity contribution in [2.75, 3.05) is 5.32 Å². The molecule has 0 amide bonds. The molecule has 0 bridgehead atoms. The minimum Gasteiger partial charge on any atom is -0.356 e. The Morgan fingerprint density at radius 2 is 1.44 bits per heavy atom. The molecule has 0 saturated carbocycles. The third-order valence-electron chi connectivity index (χ3n) is 2.30. The summed E-state index contributed by atoms with van der Waals surface area (Å²) in [5, 5.41) is 11.8. The van der Waals surface area contributed by atoms with Gasteiger partial charge in [-0.3, -0.25) is 0 Å². The summed E-state index contributed by atoms with van der Waals surface area (Å²) in [5.74, 6) is 0. The van der Waals surface area contributed by atoms with E-state index in [1.165, 1.54) is 0 Å². The maximum Gasteiger partial charge on any atom is 0.0458 e. The molecule has 0 saturated heterocycles. The summed E-state index contributed by atoms with van der Waals surface area (Å²) >= 11 is 0. The number of anilines is 2. The average molecular weight is 214 g/mol. The Bertz CT molecular complexity index is 425. The van der Waals surface area contributed by atoms with E-state index in [2.05, 4.69) is 10.8 Å². The molecule has 0 atom stereocenters. The van der Waals surface area contributed by atoms with E-state index in [1.54, 1.807) is 0 Å². The molecule has 3 N–H and O–H groups in total. The molecule has 2 rings (SSSR count). The lowest BCUT2D eigenvalue weighted by molar-refractivity contribution is 0.161. The summed E-state index contributed by atoms with van der Waals surface area (Å²) in [6.07, 6.45) is 0. The molecular weight excluding hydrogens is 200 g/mol. The molecule has 2 aromatic rings. The van der Waals surface area contributed by atoms with E-state index in [-0.39, 0.29) is 0 Å². The van der Waals surface area contributed by atoms with Gasteiger partial charge in [0, 0.05) is 17.9 Å². The van der Waals surface area contributed by atoms with Crippen molar-refractivity contribution in [2.45, 2.75) is 6.54 Å². The highest BCUT2D eigenvalue weighted by Gasteiger charge is 1.94. The van der Waals surface area contributed by atoms with Crippen molar-refractivity contribution in [1.82, 2.24) is 5.48 Å². The molecule has 16 heavy (non-hydrogen) atoms. The van der Waals surface area contributed by atoms with E-state index in [9.17, 15) is 0 Å². The van der Waals surface area contributed by atoms with Gasteiger partial charge in [-0.15, -0.1) is 0 Å². The van der Waals surface area contributed by atoms with Crippen molar-refractivity contribution >= 4 is 11.4 Å². The van der Waals surface area contributed by atoms with Crippen molar-refractivity contribution in [1.29, 1.82) is 0 Å². The summed E-state index contributed by atoms with van der Waals surface area (Å²) in [6.45, 7) is 0.464. The van der Waals surface area contributed by atoms with Gasteiger partial charge >= 0.3 is 0 Å². The van der Waals surface area contributed by atoms with Crippen LogP contribution in [0.15, 0.2) is 54.6 Å². The minimum absolute atomic E-state index is 0.464. The second-order valence-corrected chi connectivity index (χ2v) is 3.52. The van der Waals surface area contributed by atoms with E-state index in [4.69, 9.17) is 5.21 Å². The fraction of sp³-hybridized carbons (Fsp3) is 0.0769. The summed E-state index contributed by atoms with van der Waals surface area (Å²) < 4.78 is 0. The Morgan fingerprint density at radius 1 is 0.812 bits per heavy atom. The van der Waals surface area contributed by atoms with Crippen LogP contribution < -0.4 is 10.8 Å². The van der Waals surface area contributed by atoms with Gasteiger partial charge in [0.05, 0.1) is 0 Å². The smallest absolute Gasteiger partial charge is 0.0458 e. The Balaban J connectivity index is 2.05. The van der Waals surface area contributed by atoms with Crippen LogP contribution in [0.25, 0.3) is 0 Å². The molecule has 2 aromatic carbocycles. The zero-order chi connectivity index (χ0) is 11.2. The largest absolute Gasteiger partial charge is 0.356 e. The van der Waals surface area contributed by atoms with Crippen molar-refractivity contribution in [3.63, 3.8) is 0 Å². The van der Waals surface area contributed by atoms with Gasteiger partial charge in [-0.1, -0.05) is 30.3 Å². The van der Waals surface area contributed by atoms with Crippen LogP contribution in [-0.2, 0) is 6.54 Å². The molecular formula is C13H14N2O. The van der Waals surface area contributed by atoms with Gasteiger partial charge < -0.3 is 10.5 Å². The molecule has 0 unspecified atom stereocenters. The first-order chi connectivity index (χ1) is 7.88. The molecule has 0 aliphatic rings. The number of nitrogens with one attached hydrogen (secondary N) is 2. The van der Waals surface area contributed by atoms with Gasteiger partial charge in [0.2, 0.25) is 0 Å². The zero-order valence-electron chi connectivity index (χ0n) is 8.85. The van der Waals surface area contributed by atoms with Crippen molar-refractivity contribution < 1.29 is 5.21 Å². The zero-order valence-corrected chi connectivity index (χ0v) is 8.85. The highest BCUT2D eigenvalue weighted by Crippen LogP contribution is 2.16. The number of benzene rings is 2. The van der Waals surface area contributed by atoms with Gasteiger partial charge in [0.25, 0.3) is 0 Å². The Kier molecular flexibility index (Phi) is 3.53. The molecule has 0 radical (unpaired) electrons. The van der Waals surface area contributed by atoms with Gasteiger partial charge in [-0.25, -0.2) is 5.48 Å². The molecule has 0 aliphatic carbocycles. The predicted octanol–water partition coefficient (Wildman–Crippen LogP) is 2.91. The van der Waals surface area contributed by atoms with Gasteiger partial charge in [-0.05, 0) is 29.8 Å². The average Bonchev–Trinajstić information content (AvgIpc) is 2.33. The minimum atomic E-state index is 0.464. The molecule has 3 nitrogen and oxygen atoms in total. The molecule has 0 aliphatic heterocycles. The fourth-order valence-corrected chi connectivity index (χ4v) is 1.49. The first kappa shape index (κ1) is 10.7. The predicted molar refractivity (Wildman–Crippen MR) is 64.8 cm³/mol. The van der Waals surface area contributed by atoms with Crippen LogP contribution in [0.4, 0.5) is 11.4 Å². The van der Waals surface area contributed by atoms with Gasteiger partial charge in [0.15, 0.2) is 0 Å². The Morgan fingerprint density at radius 3 is 2.06 bits per heavy atom.